The highest BCUT2D eigenvalue weighted by atomic mass is 16.1. The van der Waals surface area contributed by atoms with Crippen LogP contribution < -0.4 is 5.32 Å². The highest BCUT2D eigenvalue weighted by Crippen LogP contribution is 2.30. The third kappa shape index (κ3) is 3.46. The summed E-state index contributed by atoms with van der Waals surface area (Å²) in [6, 6.07) is 8.47. The number of Topliss-reactive ketones (excluding diaryl/α,β-unsaturated/α-hetero) is 1. The smallest absolute Gasteiger partial charge is 0.139 e. The molecule has 1 aliphatic carbocycles. The number of carbonyl (C=O) groups is 1. The largest absolute Gasteiger partial charge is 0.384 e. The Morgan fingerprint density at radius 3 is 2.50 bits per heavy atom. The van der Waals surface area contributed by atoms with Crippen LogP contribution in [0.25, 0.3) is 0 Å². The van der Waals surface area contributed by atoms with Crippen molar-refractivity contribution in [1.29, 1.82) is 0 Å². The van der Waals surface area contributed by atoms with E-state index < -0.39 is 0 Å². The number of allylic oxidation sites excluding steroid dienone is 2. The van der Waals surface area contributed by atoms with Crippen molar-refractivity contribution >= 4 is 5.78 Å². The van der Waals surface area contributed by atoms with Gasteiger partial charge in [0.2, 0.25) is 0 Å². The maximum atomic E-state index is 11.7. The van der Waals surface area contributed by atoms with Gasteiger partial charge < -0.3 is 5.32 Å². The van der Waals surface area contributed by atoms with Gasteiger partial charge in [0.15, 0.2) is 0 Å². The molecule has 1 aliphatic rings. The fourth-order valence-electron chi connectivity index (χ4n) is 2.39. The van der Waals surface area contributed by atoms with Crippen LogP contribution in [-0.2, 0) is 11.3 Å². The molecule has 0 atom stereocenters. The van der Waals surface area contributed by atoms with Crippen molar-refractivity contribution in [1.82, 2.24) is 5.32 Å². The number of carbonyl (C=O) groups excluding carboxylic acids is 1. The Morgan fingerprint density at radius 1 is 1.22 bits per heavy atom. The zero-order valence-electron chi connectivity index (χ0n) is 11.4. The van der Waals surface area contributed by atoms with Crippen LogP contribution in [0.4, 0.5) is 0 Å². The van der Waals surface area contributed by atoms with Gasteiger partial charge in [-0.2, -0.15) is 0 Å². The molecule has 0 spiro atoms. The van der Waals surface area contributed by atoms with Crippen molar-refractivity contribution < 1.29 is 4.79 Å². The molecule has 0 bridgehead atoms. The third-order valence-electron chi connectivity index (χ3n) is 3.25. The van der Waals surface area contributed by atoms with E-state index in [2.05, 4.69) is 56.4 Å². The highest BCUT2D eigenvalue weighted by molar-refractivity contribution is 5.83. The second kappa shape index (κ2) is 4.97. The Morgan fingerprint density at radius 2 is 1.89 bits per heavy atom. The van der Waals surface area contributed by atoms with Crippen LogP contribution >= 0.6 is 0 Å². The molecule has 1 aromatic rings. The third-order valence-corrected chi connectivity index (χ3v) is 3.25. The molecule has 0 heterocycles. The van der Waals surface area contributed by atoms with Crippen molar-refractivity contribution in [3.05, 3.63) is 47.2 Å². The summed E-state index contributed by atoms with van der Waals surface area (Å²) in [6.45, 7) is 7.09. The van der Waals surface area contributed by atoms with Gasteiger partial charge in [-0.3, -0.25) is 4.79 Å². The van der Waals surface area contributed by atoms with Crippen LogP contribution in [0, 0.1) is 12.3 Å². The maximum Gasteiger partial charge on any atom is 0.139 e. The van der Waals surface area contributed by atoms with Gasteiger partial charge in [0.25, 0.3) is 0 Å². The fourth-order valence-corrected chi connectivity index (χ4v) is 2.39. The molecule has 0 aliphatic heterocycles. The number of nitrogens with one attached hydrogen (secondary N) is 1. The Labute approximate surface area is 109 Å². The molecule has 1 aromatic carbocycles. The van der Waals surface area contributed by atoms with Gasteiger partial charge in [0.05, 0.1) is 0 Å². The predicted octanol–water partition coefficient (Wildman–Crippen LogP) is 3.36. The molecule has 0 amide bonds. The molecule has 0 saturated heterocycles. The van der Waals surface area contributed by atoms with Crippen molar-refractivity contribution in [3.8, 4) is 0 Å². The van der Waals surface area contributed by atoms with Gasteiger partial charge in [-0.25, -0.2) is 0 Å². The second-order valence-corrected chi connectivity index (χ2v) is 5.89. The van der Waals surface area contributed by atoms with Crippen LogP contribution in [0.2, 0.25) is 0 Å². The van der Waals surface area contributed by atoms with Crippen LogP contribution in [0.3, 0.4) is 0 Å². The number of benzene rings is 1. The molecule has 96 valence electrons. The minimum Gasteiger partial charge on any atom is -0.384 e. The Kier molecular flexibility index (Phi) is 3.55. The number of aryl methyl sites for hydroxylation is 1. The molecule has 0 unspecified atom stereocenters. The van der Waals surface area contributed by atoms with Crippen molar-refractivity contribution in [2.75, 3.05) is 0 Å². The van der Waals surface area contributed by atoms with E-state index >= 15 is 0 Å². The Balaban J connectivity index is 2.00. The molecular weight excluding hydrogens is 222 g/mol. The lowest BCUT2D eigenvalue weighted by atomic mass is 9.81. The van der Waals surface area contributed by atoms with Gasteiger partial charge in [-0.15, -0.1) is 0 Å². The molecule has 0 fully saturated rings. The lowest BCUT2D eigenvalue weighted by molar-refractivity contribution is -0.120. The van der Waals surface area contributed by atoms with Crippen molar-refractivity contribution in [2.45, 2.75) is 40.2 Å². The number of hydrogen-bond donors (Lipinski definition) is 1. The van der Waals surface area contributed by atoms with E-state index in [1.807, 2.05) is 0 Å². The highest BCUT2D eigenvalue weighted by Gasteiger charge is 2.25. The number of ketones is 1. The van der Waals surface area contributed by atoms with E-state index in [0.29, 0.717) is 18.6 Å². The summed E-state index contributed by atoms with van der Waals surface area (Å²) in [4.78, 5) is 11.7. The number of hydrogen-bond acceptors (Lipinski definition) is 2. The quantitative estimate of drug-likeness (QED) is 0.882. The van der Waals surface area contributed by atoms with Crippen LogP contribution in [0.5, 0.6) is 0 Å². The molecule has 0 aromatic heterocycles. The summed E-state index contributed by atoms with van der Waals surface area (Å²) in [5, 5.41) is 3.38. The summed E-state index contributed by atoms with van der Waals surface area (Å²) in [7, 11) is 0. The lowest BCUT2D eigenvalue weighted by Crippen LogP contribution is -2.26. The molecular formula is C16H21NO. The first kappa shape index (κ1) is 12.9. The van der Waals surface area contributed by atoms with Gasteiger partial charge >= 0.3 is 0 Å². The molecule has 1 N–H and O–H groups in total. The summed E-state index contributed by atoms with van der Waals surface area (Å²) in [5.41, 5.74) is 3.58. The van der Waals surface area contributed by atoms with Gasteiger partial charge in [0.1, 0.15) is 5.78 Å². The average molecular weight is 243 g/mol. The molecule has 2 heteroatoms. The SMILES string of the molecule is Cc1ccc(CNC2=CC(C)(C)CC(=O)C2)cc1. The van der Waals surface area contributed by atoms with Crippen molar-refractivity contribution in [2.24, 2.45) is 5.41 Å². The fraction of sp³-hybridized carbons (Fsp3) is 0.438. The monoisotopic (exact) mass is 243 g/mol. The van der Waals surface area contributed by atoms with E-state index in [0.717, 1.165) is 12.2 Å². The minimum absolute atomic E-state index is 0.00899. The normalized spacial score (nSPS) is 18.4. The average Bonchev–Trinajstić information content (AvgIpc) is 2.25. The predicted molar refractivity (Wildman–Crippen MR) is 74.1 cm³/mol. The van der Waals surface area contributed by atoms with Crippen molar-refractivity contribution in [3.63, 3.8) is 0 Å². The van der Waals surface area contributed by atoms with Gasteiger partial charge in [-0.1, -0.05) is 49.8 Å². The summed E-state index contributed by atoms with van der Waals surface area (Å²) in [6.07, 6.45) is 3.40. The second-order valence-electron chi connectivity index (χ2n) is 5.89. The first-order valence-corrected chi connectivity index (χ1v) is 6.47. The van der Waals surface area contributed by atoms with Crippen LogP contribution in [0.15, 0.2) is 36.0 Å². The van der Waals surface area contributed by atoms with E-state index in [9.17, 15) is 4.79 Å². The summed E-state index contributed by atoms with van der Waals surface area (Å²) >= 11 is 0. The van der Waals surface area contributed by atoms with E-state index in [1.165, 1.54) is 11.1 Å². The summed E-state index contributed by atoms with van der Waals surface area (Å²) in [5.74, 6) is 0.328. The zero-order valence-corrected chi connectivity index (χ0v) is 11.4. The van der Waals surface area contributed by atoms with E-state index in [-0.39, 0.29) is 5.41 Å². The van der Waals surface area contributed by atoms with Gasteiger partial charge in [0, 0.05) is 25.1 Å². The molecule has 18 heavy (non-hydrogen) atoms. The number of rotatable bonds is 3. The molecule has 2 rings (SSSR count). The van der Waals surface area contributed by atoms with E-state index in [4.69, 9.17) is 0 Å². The Hall–Kier alpha value is -1.57. The zero-order chi connectivity index (χ0) is 13.2. The molecule has 0 radical (unpaired) electrons. The standard InChI is InChI=1S/C16H21NO/c1-12-4-6-13(7-5-12)11-17-14-8-15(18)10-16(2,3)9-14/h4-7,9,17H,8,10-11H2,1-3H3. The van der Waals surface area contributed by atoms with E-state index in [1.54, 1.807) is 0 Å². The van der Waals surface area contributed by atoms with Gasteiger partial charge in [-0.05, 0) is 17.9 Å². The topological polar surface area (TPSA) is 29.1 Å². The lowest BCUT2D eigenvalue weighted by Gasteiger charge is -2.27. The molecule has 0 saturated carbocycles. The first-order chi connectivity index (χ1) is 8.44. The van der Waals surface area contributed by atoms with Crippen LogP contribution in [-0.4, -0.2) is 5.78 Å². The maximum absolute atomic E-state index is 11.7. The molecule has 2 nitrogen and oxygen atoms in total. The Bertz CT molecular complexity index is 468. The summed E-state index contributed by atoms with van der Waals surface area (Å²) < 4.78 is 0. The minimum atomic E-state index is -0.00899. The first-order valence-electron chi connectivity index (χ1n) is 6.47. The van der Waals surface area contributed by atoms with Crippen LogP contribution in [0.1, 0.15) is 37.8 Å².